The van der Waals surface area contributed by atoms with Crippen molar-refractivity contribution < 1.29 is 22.4 Å². The molecule has 1 amide bonds. The van der Waals surface area contributed by atoms with Gasteiger partial charge in [0.25, 0.3) is 5.92 Å². The van der Waals surface area contributed by atoms with Gasteiger partial charge < -0.3 is 14.9 Å². The van der Waals surface area contributed by atoms with Crippen LogP contribution in [0, 0.1) is 11.6 Å². The fourth-order valence-corrected chi connectivity index (χ4v) is 4.09. The van der Waals surface area contributed by atoms with Crippen LogP contribution >= 0.6 is 0 Å². The molecule has 2 N–H and O–H groups in total. The number of alkyl halides is 2. The average Bonchev–Trinajstić information content (AvgIpc) is 3.19. The van der Waals surface area contributed by atoms with E-state index in [-0.39, 0.29) is 31.0 Å². The molecule has 2 aromatic heterocycles. The highest BCUT2D eigenvalue weighted by Gasteiger charge is 2.46. The van der Waals surface area contributed by atoms with Gasteiger partial charge in [0.1, 0.15) is 11.6 Å². The second-order valence-corrected chi connectivity index (χ2v) is 8.42. The highest BCUT2D eigenvalue weighted by molar-refractivity contribution is 5.93. The predicted octanol–water partition coefficient (Wildman–Crippen LogP) is 3.35. The lowest BCUT2D eigenvalue weighted by Crippen LogP contribution is -2.52. The number of rotatable bonds is 6. The Morgan fingerprint density at radius 1 is 1.26 bits per heavy atom. The number of amides is 1. The predicted molar refractivity (Wildman–Crippen MR) is 117 cm³/mol. The number of halogens is 4. The van der Waals surface area contributed by atoms with Crippen LogP contribution in [0.2, 0.25) is 0 Å². The second kappa shape index (κ2) is 9.41. The van der Waals surface area contributed by atoms with Gasteiger partial charge in [0.05, 0.1) is 18.3 Å². The highest BCUT2D eigenvalue weighted by Crippen LogP contribution is 2.40. The van der Waals surface area contributed by atoms with Gasteiger partial charge in [0.2, 0.25) is 11.5 Å². The maximum atomic E-state index is 14.6. The Morgan fingerprint density at radius 2 is 2.00 bits per heavy atom. The van der Waals surface area contributed by atoms with Crippen molar-refractivity contribution in [1.82, 2.24) is 19.4 Å². The van der Waals surface area contributed by atoms with E-state index in [1.54, 1.807) is 16.4 Å². The van der Waals surface area contributed by atoms with Gasteiger partial charge in [-0.05, 0) is 30.2 Å². The number of H-pyrrole nitrogens is 1. The summed E-state index contributed by atoms with van der Waals surface area (Å²) in [6, 6.07) is 5.05. The SMILES string of the molecule is CC(C(=O)Nc1cn(Cc2cc(F)cc(F)c2)cn1)N1CCC(F)(F)[C@@H](c2ccc(=O)[nH]c2)C1. The van der Waals surface area contributed by atoms with Crippen molar-refractivity contribution >= 4 is 11.7 Å². The molecule has 0 bridgehead atoms. The molecule has 2 atom stereocenters. The molecule has 180 valence electrons. The molecule has 7 nitrogen and oxygen atoms in total. The van der Waals surface area contributed by atoms with Crippen molar-refractivity contribution in [2.75, 3.05) is 18.4 Å². The van der Waals surface area contributed by atoms with Crippen LogP contribution in [0.25, 0.3) is 0 Å². The zero-order valence-corrected chi connectivity index (χ0v) is 18.3. The van der Waals surface area contributed by atoms with Crippen molar-refractivity contribution in [3.8, 4) is 0 Å². The quantitative estimate of drug-likeness (QED) is 0.534. The van der Waals surface area contributed by atoms with Gasteiger partial charge in [-0.3, -0.25) is 14.5 Å². The van der Waals surface area contributed by atoms with E-state index in [4.69, 9.17) is 0 Å². The number of carbonyl (C=O) groups is 1. The number of hydrogen-bond donors (Lipinski definition) is 2. The third kappa shape index (κ3) is 5.36. The Morgan fingerprint density at radius 3 is 2.68 bits per heavy atom. The number of nitrogens with one attached hydrogen (secondary N) is 2. The van der Waals surface area contributed by atoms with E-state index in [2.05, 4.69) is 15.3 Å². The molecular formula is C23H23F4N5O2. The zero-order valence-electron chi connectivity index (χ0n) is 18.3. The molecule has 1 aliphatic rings. The molecule has 0 aliphatic carbocycles. The van der Waals surface area contributed by atoms with Gasteiger partial charge >= 0.3 is 0 Å². The summed E-state index contributed by atoms with van der Waals surface area (Å²) in [6.07, 6.45) is 3.79. The minimum absolute atomic E-state index is 0.0288. The first-order valence-electron chi connectivity index (χ1n) is 10.7. The molecular weight excluding hydrogens is 454 g/mol. The smallest absolute Gasteiger partial charge is 0.257 e. The van der Waals surface area contributed by atoms with Crippen molar-refractivity contribution in [2.24, 2.45) is 0 Å². The Bertz CT molecular complexity index is 1200. The fourth-order valence-electron chi connectivity index (χ4n) is 4.09. The number of nitrogens with zero attached hydrogens (tertiary/aromatic N) is 3. The van der Waals surface area contributed by atoms with Gasteiger partial charge in [0.15, 0.2) is 5.82 Å². The van der Waals surface area contributed by atoms with Crippen LogP contribution in [0.1, 0.15) is 30.4 Å². The second-order valence-electron chi connectivity index (χ2n) is 8.42. The molecule has 0 spiro atoms. The van der Waals surface area contributed by atoms with Crippen LogP contribution < -0.4 is 10.9 Å². The lowest BCUT2D eigenvalue weighted by Gasteiger charge is -2.40. The number of likely N-dealkylation sites (tertiary alicyclic amines) is 1. The van der Waals surface area contributed by atoms with E-state index in [0.717, 1.165) is 6.07 Å². The number of carbonyl (C=O) groups excluding carboxylic acids is 1. The molecule has 4 rings (SSSR count). The summed E-state index contributed by atoms with van der Waals surface area (Å²) in [6.45, 7) is 1.73. The average molecular weight is 477 g/mol. The number of imidazole rings is 1. The van der Waals surface area contributed by atoms with Gasteiger partial charge in [0, 0.05) is 50.6 Å². The van der Waals surface area contributed by atoms with Crippen LogP contribution in [0.15, 0.2) is 53.8 Å². The minimum Gasteiger partial charge on any atom is -0.331 e. The summed E-state index contributed by atoms with van der Waals surface area (Å²) in [5.41, 5.74) is 0.313. The number of anilines is 1. The van der Waals surface area contributed by atoms with Crippen LogP contribution in [0.4, 0.5) is 23.4 Å². The molecule has 1 aliphatic heterocycles. The van der Waals surface area contributed by atoms with Crippen LogP contribution in [-0.4, -0.2) is 50.4 Å². The van der Waals surface area contributed by atoms with E-state index in [1.165, 1.54) is 43.0 Å². The molecule has 1 saturated heterocycles. The number of hydrogen-bond acceptors (Lipinski definition) is 4. The van der Waals surface area contributed by atoms with Crippen molar-refractivity contribution in [3.05, 3.63) is 82.2 Å². The first-order chi connectivity index (χ1) is 16.1. The van der Waals surface area contributed by atoms with Crippen molar-refractivity contribution in [3.63, 3.8) is 0 Å². The summed E-state index contributed by atoms with van der Waals surface area (Å²) < 4.78 is 57.5. The van der Waals surface area contributed by atoms with Crippen molar-refractivity contribution in [2.45, 2.75) is 37.8 Å². The van der Waals surface area contributed by atoms with E-state index in [0.29, 0.717) is 11.1 Å². The van der Waals surface area contributed by atoms with E-state index < -0.39 is 41.8 Å². The highest BCUT2D eigenvalue weighted by atomic mass is 19.3. The maximum Gasteiger partial charge on any atom is 0.257 e. The van der Waals surface area contributed by atoms with Crippen molar-refractivity contribution in [1.29, 1.82) is 0 Å². The monoisotopic (exact) mass is 477 g/mol. The molecule has 1 fully saturated rings. The Balaban J connectivity index is 1.40. The third-order valence-corrected chi connectivity index (χ3v) is 5.97. The first-order valence-corrected chi connectivity index (χ1v) is 10.7. The summed E-state index contributed by atoms with van der Waals surface area (Å²) in [7, 11) is 0. The molecule has 11 heteroatoms. The fraction of sp³-hybridized carbons (Fsp3) is 0.348. The van der Waals surface area contributed by atoms with Gasteiger partial charge in [-0.1, -0.05) is 6.07 Å². The first kappa shape index (κ1) is 23.7. The largest absolute Gasteiger partial charge is 0.331 e. The summed E-state index contributed by atoms with van der Waals surface area (Å²) >= 11 is 0. The Hall–Kier alpha value is -3.47. The number of benzene rings is 1. The standard InChI is InChI=1S/C23H23F4N5O2/c1-14(32-5-4-23(26,27)19(11-32)16-2-3-21(33)28-9-16)22(34)30-20-12-31(13-29-20)10-15-6-17(24)8-18(25)7-15/h2-3,6-9,12-14,19H,4-5,10-11H2,1H3,(H,28,33)(H,30,34)/t14?,19-/m1/s1. The zero-order chi connectivity index (χ0) is 24.5. The topological polar surface area (TPSA) is 83.0 Å². The van der Waals surface area contributed by atoms with Crippen LogP contribution in [-0.2, 0) is 11.3 Å². The van der Waals surface area contributed by atoms with E-state index in [9.17, 15) is 27.2 Å². The summed E-state index contributed by atoms with van der Waals surface area (Å²) in [5, 5.41) is 2.66. The molecule has 0 radical (unpaired) electrons. The number of piperidine rings is 1. The van der Waals surface area contributed by atoms with E-state index in [1.807, 2.05) is 0 Å². The molecule has 34 heavy (non-hydrogen) atoms. The van der Waals surface area contributed by atoms with E-state index >= 15 is 0 Å². The lowest BCUT2D eigenvalue weighted by atomic mass is 9.87. The molecule has 1 aromatic carbocycles. The van der Waals surface area contributed by atoms with Gasteiger partial charge in [-0.25, -0.2) is 22.5 Å². The number of pyridine rings is 1. The summed E-state index contributed by atoms with van der Waals surface area (Å²) in [5.74, 6) is -5.71. The molecule has 1 unspecified atom stereocenters. The molecule has 0 saturated carbocycles. The van der Waals surface area contributed by atoms with Crippen LogP contribution in [0.5, 0.6) is 0 Å². The van der Waals surface area contributed by atoms with Crippen LogP contribution in [0.3, 0.4) is 0 Å². The lowest BCUT2D eigenvalue weighted by molar-refractivity contribution is -0.125. The maximum absolute atomic E-state index is 14.6. The Kier molecular flexibility index (Phi) is 6.56. The number of aromatic nitrogens is 3. The molecule has 3 aromatic rings. The molecule has 3 heterocycles. The third-order valence-electron chi connectivity index (χ3n) is 5.97. The van der Waals surface area contributed by atoms with Gasteiger partial charge in [-0.2, -0.15) is 0 Å². The minimum atomic E-state index is -2.97. The summed E-state index contributed by atoms with van der Waals surface area (Å²) in [4.78, 5) is 32.2. The Labute approximate surface area is 192 Å². The van der Waals surface area contributed by atoms with Gasteiger partial charge in [-0.15, -0.1) is 0 Å². The number of aromatic amines is 1. The normalized spacial score (nSPS) is 19.0.